The summed E-state index contributed by atoms with van der Waals surface area (Å²) in [4.78, 5) is 23.7. The molecule has 1 aliphatic heterocycles. The summed E-state index contributed by atoms with van der Waals surface area (Å²) in [5.41, 5.74) is 1.43. The summed E-state index contributed by atoms with van der Waals surface area (Å²) in [7, 11) is 5.86. The smallest absolute Gasteiger partial charge is 0.336 e. The van der Waals surface area contributed by atoms with E-state index in [4.69, 9.17) is 32.9 Å². The number of rotatable bonds is 8. The fourth-order valence-electron chi connectivity index (χ4n) is 7.81. The molecule has 0 saturated heterocycles. The molecule has 0 bridgehead atoms. The van der Waals surface area contributed by atoms with Gasteiger partial charge in [0.2, 0.25) is 0 Å². The number of ether oxygens (including phenoxy) is 1. The molecule has 40 heavy (non-hydrogen) atoms. The lowest BCUT2D eigenvalue weighted by atomic mass is 9.68. The molecule has 2 aromatic carbocycles. The highest BCUT2D eigenvalue weighted by Crippen LogP contribution is 2.47. The molecule has 2 saturated carbocycles. The minimum absolute atomic E-state index is 0.00647. The highest BCUT2D eigenvalue weighted by atomic mass is 35.5. The Balaban J connectivity index is 1.43. The van der Waals surface area contributed by atoms with Gasteiger partial charge in [0.05, 0.1) is 19.5 Å². The third-order valence-corrected chi connectivity index (χ3v) is 10.1. The maximum absolute atomic E-state index is 13.8. The molecule has 3 unspecified atom stereocenters. The Kier molecular flexibility index (Phi) is 9.44. The number of carbonyl (C=O) groups is 1. The molecule has 5 rings (SSSR count). The van der Waals surface area contributed by atoms with Gasteiger partial charge in [-0.2, -0.15) is 0 Å². The van der Waals surface area contributed by atoms with E-state index in [9.17, 15) is 4.79 Å². The third kappa shape index (κ3) is 6.07. The number of esters is 1. The second kappa shape index (κ2) is 12.8. The molecule has 0 N–H and O–H groups in total. The summed E-state index contributed by atoms with van der Waals surface area (Å²) in [5, 5.41) is 1.47. The minimum atomic E-state index is -0.950. The number of benzene rings is 2. The number of halogens is 2. The summed E-state index contributed by atoms with van der Waals surface area (Å²) in [5.74, 6) is 0.679. The largest absolute Gasteiger partial charge is 0.467 e. The number of aliphatic imine (C=N–C) groups is 1. The summed E-state index contributed by atoms with van der Waals surface area (Å²) in [6, 6.07) is 16.9. The van der Waals surface area contributed by atoms with E-state index < -0.39 is 5.54 Å². The molecule has 7 heteroatoms. The van der Waals surface area contributed by atoms with E-state index in [1.807, 2.05) is 42.7 Å². The average molecular weight is 585 g/mol. The second-order valence-electron chi connectivity index (χ2n) is 12.3. The van der Waals surface area contributed by atoms with Crippen molar-refractivity contribution in [1.82, 2.24) is 9.80 Å². The molecule has 2 aliphatic carbocycles. The summed E-state index contributed by atoms with van der Waals surface area (Å²) in [6.07, 6.45) is 13.0. The van der Waals surface area contributed by atoms with Crippen LogP contribution in [0.2, 0.25) is 10.0 Å². The molecule has 216 valence electrons. The van der Waals surface area contributed by atoms with Crippen LogP contribution in [0, 0.1) is 11.8 Å². The first-order valence-electron chi connectivity index (χ1n) is 14.9. The first-order valence-corrected chi connectivity index (χ1v) is 15.7. The predicted octanol–water partition coefficient (Wildman–Crippen LogP) is 7.60. The Bertz CT molecular complexity index is 1160. The highest BCUT2D eigenvalue weighted by Gasteiger charge is 2.56. The van der Waals surface area contributed by atoms with Crippen LogP contribution in [-0.2, 0) is 16.0 Å². The van der Waals surface area contributed by atoms with Gasteiger partial charge in [0, 0.05) is 28.5 Å². The van der Waals surface area contributed by atoms with Crippen LogP contribution >= 0.6 is 23.2 Å². The zero-order chi connectivity index (χ0) is 28.3. The van der Waals surface area contributed by atoms with Gasteiger partial charge in [-0.15, -0.1) is 0 Å². The lowest BCUT2D eigenvalue weighted by Gasteiger charge is -2.47. The van der Waals surface area contributed by atoms with Crippen molar-refractivity contribution < 1.29 is 9.53 Å². The van der Waals surface area contributed by atoms with Crippen LogP contribution in [0.15, 0.2) is 53.5 Å². The van der Waals surface area contributed by atoms with Gasteiger partial charge < -0.3 is 14.5 Å². The quantitative estimate of drug-likeness (QED) is 0.300. The van der Waals surface area contributed by atoms with E-state index in [0.717, 1.165) is 49.1 Å². The number of nitrogens with zero attached hydrogens (tertiary/aromatic N) is 3. The molecule has 0 aromatic heterocycles. The normalized spacial score (nSPS) is 28.1. The molecule has 1 heterocycles. The first-order chi connectivity index (χ1) is 19.3. The van der Waals surface area contributed by atoms with Crippen molar-refractivity contribution in [3.63, 3.8) is 0 Å². The first kappa shape index (κ1) is 29.4. The molecule has 0 radical (unpaired) electrons. The Morgan fingerprint density at radius 3 is 2.12 bits per heavy atom. The summed E-state index contributed by atoms with van der Waals surface area (Å²) in [6.45, 7) is 0. The van der Waals surface area contributed by atoms with Crippen molar-refractivity contribution in [2.75, 3.05) is 21.2 Å². The van der Waals surface area contributed by atoms with Crippen molar-refractivity contribution >= 4 is 35.5 Å². The zero-order valence-electron chi connectivity index (χ0n) is 24.1. The summed E-state index contributed by atoms with van der Waals surface area (Å²) >= 11 is 12.4. The Hall–Kier alpha value is -2.08. The van der Waals surface area contributed by atoms with Gasteiger partial charge in [-0.1, -0.05) is 66.7 Å². The molecule has 3 aliphatic rings. The number of methoxy groups -OCH3 is 1. The fraction of sp³-hybridized carbons (Fsp3) is 0.576. The van der Waals surface area contributed by atoms with Gasteiger partial charge in [-0.25, -0.2) is 4.79 Å². The lowest BCUT2D eigenvalue weighted by molar-refractivity contribution is -0.150. The lowest BCUT2D eigenvalue weighted by Crippen LogP contribution is -2.59. The van der Waals surface area contributed by atoms with Crippen molar-refractivity contribution in [3.8, 4) is 0 Å². The topological polar surface area (TPSA) is 45.1 Å². The van der Waals surface area contributed by atoms with E-state index in [-0.39, 0.29) is 12.0 Å². The van der Waals surface area contributed by atoms with Gasteiger partial charge in [0.25, 0.3) is 0 Å². The average Bonchev–Trinajstić information content (AvgIpc) is 3.35. The molecular formula is C33H43Cl2N3O2. The third-order valence-electron chi connectivity index (χ3n) is 9.63. The van der Waals surface area contributed by atoms with Crippen LogP contribution in [0.3, 0.4) is 0 Å². The Morgan fingerprint density at radius 2 is 1.55 bits per heavy atom. The van der Waals surface area contributed by atoms with Gasteiger partial charge in [0.1, 0.15) is 0 Å². The predicted molar refractivity (Wildman–Crippen MR) is 164 cm³/mol. The summed E-state index contributed by atoms with van der Waals surface area (Å²) < 4.78 is 5.53. The van der Waals surface area contributed by atoms with Gasteiger partial charge in [0.15, 0.2) is 5.54 Å². The van der Waals surface area contributed by atoms with Crippen LogP contribution in [0.5, 0.6) is 0 Å². The minimum Gasteiger partial charge on any atom is -0.467 e. The zero-order valence-corrected chi connectivity index (χ0v) is 25.6. The van der Waals surface area contributed by atoms with Crippen LogP contribution < -0.4 is 0 Å². The molecule has 3 atom stereocenters. The maximum Gasteiger partial charge on any atom is 0.336 e. The SMILES string of the molecule is COC(=O)C1(Cc2ccc(Cl)cc2)N=CN(C2CCCCC2)C1C1CCC(C(c2ccc(Cl)cc2)N(C)C)CC1. The second-order valence-corrected chi connectivity index (χ2v) is 13.2. The van der Waals surface area contributed by atoms with E-state index in [1.165, 1.54) is 31.9 Å². The number of hydrogen-bond acceptors (Lipinski definition) is 5. The van der Waals surface area contributed by atoms with Crippen molar-refractivity contribution in [2.24, 2.45) is 16.8 Å². The van der Waals surface area contributed by atoms with E-state index in [1.54, 1.807) is 0 Å². The number of carbonyl (C=O) groups excluding carboxylic acids is 1. The Labute approximate surface area is 249 Å². The number of hydrogen-bond donors (Lipinski definition) is 0. The van der Waals surface area contributed by atoms with Crippen LogP contribution in [0.4, 0.5) is 0 Å². The van der Waals surface area contributed by atoms with Crippen molar-refractivity contribution in [2.45, 2.75) is 87.9 Å². The van der Waals surface area contributed by atoms with E-state index in [0.29, 0.717) is 35.4 Å². The molecule has 0 spiro atoms. The van der Waals surface area contributed by atoms with Gasteiger partial charge in [-0.05, 0) is 99.8 Å². The molecule has 2 aromatic rings. The molecule has 2 fully saturated rings. The standard InChI is InChI=1S/C33H43Cl2N3O2/c1-37(2)30(25-15-19-28(35)20-16-25)24-11-13-26(14-12-24)31-33(32(39)40-3,21-23-9-17-27(34)18-10-23)36-22-38(31)29-7-5-4-6-8-29/h9-10,15-20,22,24,26,29-31H,4-8,11-14,21H2,1-3H3. The monoisotopic (exact) mass is 583 g/mol. The molecule has 5 nitrogen and oxygen atoms in total. The van der Waals surface area contributed by atoms with Crippen molar-refractivity contribution in [1.29, 1.82) is 0 Å². The molecular weight excluding hydrogens is 541 g/mol. The van der Waals surface area contributed by atoms with Crippen LogP contribution in [0.1, 0.15) is 75.0 Å². The maximum atomic E-state index is 13.8. The molecule has 0 amide bonds. The van der Waals surface area contributed by atoms with Gasteiger partial charge in [-0.3, -0.25) is 4.99 Å². The fourth-order valence-corrected chi connectivity index (χ4v) is 8.06. The van der Waals surface area contributed by atoms with E-state index >= 15 is 0 Å². The van der Waals surface area contributed by atoms with Gasteiger partial charge >= 0.3 is 5.97 Å². The van der Waals surface area contributed by atoms with Crippen LogP contribution in [0.25, 0.3) is 0 Å². The van der Waals surface area contributed by atoms with E-state index in [2.05, 4.69) is 36.0 Å². The van der Waals surface area contributed by atoms with Crippen LogP contribution in [-0.4, -0.2) is 60.9 Å². The highest BCUT2D eigenvalue weighted by molar-refractivity contribution is 6.30. The Morgan fingerprint density at radius 1 is 0.950 bits per heavy atom. The van der Waals surface area contributed by atoms with Crippen molar-refractivity contribution in [3.05, 3.63) is 69.7 Å².